The molecule has 0 aliphatic rings. The van der Waals surface area contributed by atoms with Crippen molar-refractivity contribution in [3.8, 4) is 11.5 Å². The summed E-state index contributed by atoms with van der Waals surface area (Å²) in [6.45, 7) is 9.38. The van der Waals surface area contributed by atoms with Crippen molar-refractivity contribution in [2.24, 2.45) is 4.99 Å². The van der Waals surface area contributed by atoms with Gasteiger partial charge in [-0.2, -0.15) is 5.10 Å². The van der Waals surface area contributed by atoms with Crippen LogP contribution in [0, 0.1) is 20.8 Å². The number of carbonyl (C=O) groups is 1. The van der Waals surface area contributed by atoms with Gasteiger partial charge in [-0.3, -0.25) is 14.8 Å². The van der Waals surface area contributed by atoms with Gasteiger partial charge in [-0.25, -0.2) is 4.99 Å². The first-order valence-corrected chi connectivity index (χ1v) is 11.3. The second kappa shape index (κ2) is 11.4. The molecular formula is C26H33N5O3. The van der Waals surface area contributed by atoms with Crippen LogP contribution in [0.5, 0.6) is 11.5 Å². The lowest BCUT2D eigenvalue weighted by molar-refractivity contribution is 0.0976. The minimum atomic E-state index is -0.310. The van der Waals surface area contributed by atoms with Gasteiger partial charge < -0.3 is 14.8 Å². The number of guanidine groups is 1. The number of aryl methyl sites for hydroxylation is 4. The number of hydrogen-bond acceptors (Lipinski definition) is 5. The Morgan fingerprint density at radius 3 is 2.38 bits per heavy atom. The lowest BCUT2D eigenvalue weighted by Crippen LogP contribution is -2.36. The lowest BCUT2D eigenvalue weighted by Gasteiger charge is -2.14. The number of amides is 1. The summed E-state index contributed by atoms with van der Waals surface area (Å²) in [5.41, 5.74) is 5.44. The molecular weight excluding hydrogens is 430 g/mol. The molecule has 3 rings (SSSR count). The van der Waals surface area contributed by atoms with E-state index in [0.29, 0.717) is 29.6 Å². The van der Waals surface area contributed by atoms with Crippen molar-refractivity contribution in [1.29, 1.82) is 0 Å². The maximum atomic E-state index is 13.1. The Balaban J connectivity index is 1.87. The fourth-order valence-corrected chi connectivity index (χ4v) is 3.67. The van der Waals surface area contributed by atoms with E-state index in [1.54, 1.807) is 25.3 Å². The monoisotopic (exact) mass is 463 g/mol. The van der Waals surface area contributed by atoms with Crippen molar-refractivity contribution < 1.29 is 14.3 Å². The fraction of sp³-hybridized carbons (Fsp3) is 0.346. The molecule has 0 spiro atoms. The smallest absolute Gasteiger partial charge is 0.258 e. The van der Waals surface area contributed by atoms with Crippen molar-refractivity contribution in [3.63, 3.8) is 0 Å². The highest BCUT2D eigenvalue weighted by Crippen LogP contribution is 2.27. The van der Waals surface area contributed by atoms with E-state index in [-0.39, 0.29) is 5.91 Å². The molecule has 2 N–H and O–H groups in total. The number of nitrogens with zero attached hydrogens (tertiary/aromatic N) is 3. The van der Waals surface area contributed by atoms with Crippen LogP contribution in [0.15, 0.2) is 47.6 Å². The number of methoxy groups -OCH3 is 2. The third kappa shape index (κ3) is 6.37. The summed E-state index contributed by atoms with van der Waals surface area (Å²) in [6, 6.07) is 11.1. The molecule has 3 aromatic rings. The van der Waals surface area contributed by atoms with E-state index in [9.17, 15) is 4.79 Å². The standard InChI is InChI=1S/C26H33N5O3/c1-7-10-31-16-21(19(4)30-31)15-27-26(28-22-12-17(2)11-18(3)13-22)29-25(32)20-8-9-23(33-5)24(14-20)34-6/h8-9,11-14,16H,7,10,15H2,1-6H3,(H2,27,28,29,32). The summed E-state index contributed by atoms with van der Waals surface area (Å²) in [4.78, 5) is 17.8. The Morgan fingerprint density at radius 1 is 1.03 bits per heavy atom. The Kier molecular flexibility index (Phi) is 8.29. The molecule has 1 heterocycles. The van der Waals surface area contributed by atoms with Crippen LogP contribution in [-0.4, -0.2) is 35.9 Å². The SMILES string of the molecule is CCCn1cc(CN=C(NC(=O)c2ccc(OC)c(OC)c2)Nc2cc(C)cc(C)c2)c(C)n1. The summed E-state index contributed by atoms with van der Waals surface area (Å²) < 4.78 is 12.5. The van der Waals surface area contributed by atoms with Crippen molar-refractivity contribution in [2.45, 2.75) is 47.2 Å². The molecule has 0 aliphatic heterocycles. The molecule has 0 bridgehead atoms. The second-order valence-corrected chi connectivity index (χ2v) is 8.19. The Hall–Kier alpha value is -3.81. The zero-order valence-corrected chi connectivity index (χ0v) is 20.7. The Bertz CT molecular complexity index is 1160. The van der Waals surface area contributed by atoms with Gasteiger partial charge in [0, 0.05) is 29.6 Å². The molecule has 0 aliphatic carbocycles. The highest BCUT2D eigenvalue weighted by Gasteiger charge is 2.14. The van der Waals surface area contributed by atoms with E-state index in [0.717, 1.165) is 41.0 Å². The van der Waals surface area contributed by atoms with Crippen molar-refractivity contribution in [2.75, 3.05) is 19.5 Å². The molecule has 1 aromatic heterocycles. The van der Waals surface area contributed by atoms with Gasteiger partial charge in [0.1, 0.15) is 0 Å². The normalized spacial score (nSPS) is 11.3. The quantitative estimate of drug-likeness (QED) is 0.375. The number of nitrogens with one attached hydrogen (secondary N) is 2. The molecule has 0 radical (unpaired) electrons. The zero-order valence-electron chi connectivity index (χ0n) is 20.7. The molecule has 0 saturated carbocycles. The molecule has 0 atom stereocenters. The zero-order chi connectivity index (χ0) is 24.7. The van der Waals surface area contributed by atoms with Crippen molar-refractivity contribution in [3.05, 3.63) is 70.5 Å². The molecule has 0 unspecified atom stereocenters. The predicted molar refractivity (Wildman–Crippen MR) is 135 cm³/mol. The van der Waals surface area contributed by atoms with Gasteiger partial charge in [-0.1, -0.05) is 13.0 Å². The van der Waals surface area contributed by atoms with Gasteiger partial charge in [0.15, 0.2) is 11.5 Å². The van der Waals surface area contributed by atoms with Crippen LogP contribution < -0.4 is 20.1 Å². The summed E-state index contributed by atoms with van der Waals surface area (Å²) in [7, 11) is 3.09. The first-order chi connectivity index (χ1) is 16.3. The number of aromatic nitrogens is 2. The summed E-state index contributed by atoms with van der Waals surface area (Å²) in [6.07, 6.45) is 3.01. The van der Waals surface area contributed by atoms with Gasteiger partial charge in [-0.05, 0) is 68.7 Å². The van der Waals surface area contributed by atoms with E-state index in [2.05, 4.69) is 33.7 Å². The third-order valence-electron chi connectivity index (χ3n) is 5.27. The molecule has 180 valence electrons. The predicted octanol–water partition coefficient (Wildman–Crippen LogP) is 4.63. The van der Waals surface area contributed by atoms with Crippen LogP contribution >= 0.6 is 0 Å². The maximum Gasteiger partial charge on any atom is 0.258 e. The van der Waals surface area contributed by atoms with E-state index in [4.69, 9.17) is 9.47 Å². The highest BCUT2D eigenvalue weighted by atomic mass is 16.5. The number of aliphatic imine (C=N–C) groups is 1. The number of anilines is 1. The third-order valence-corrected chi connectivity index (χ3v) is 5.27. The molecule has 0 saturated heterocycles. The van der Waals surface area contributed by atoms with Crippen LogP contribution in [0.3, 0.4) is 0 Å². The van der Waals surface area contributed by atoms with Gasteiger partial charge in [0.2, 0.25) is 5.96 Å². The first-order valence-electron chi connectivity index (χ1n) is 11.3. The van der Waals surface area contributed by atoms with Gasteiger partial charge >= 0.3 is 0 Å². The Morgan fingerprint density at radius 2 is 1.74 bits per heavy atom. The van der Waals surface area contributed by atoms with Crippen LogP contribution in [-0.2, 0) is 13.1 Å². The number of rotatable bonds is 8. The largest absolute Gasteiger partial charge is 0.493 e. The van der Waals surface area contributed by atoms with Crippen LogP contribution in [0.1, 0.15) is 46.1 Å². The fourth-order valence-electron chi connectivity index (χ4n) is 3.67. The van der Waals surface area contributed by atoms with E-state index in [1.807, 2.05) is 43.8 Å². The first kappa shape index (κ1) is 24.8. The van der Waals surface area contributed by atoms with Crippen molar-refractivity contribution in [1.82, 2.24) is 15.1 Å². The number of benzene rings is 2. The summed E-state index contributed by atoms with van der Waals surface area (Å²) >= 11 is 0. The number of carbonyl (C=O) groups excluding carboxylic acids is 1. The van der Waals surface area contributed by atoms with Crippen LogP contribution in [0.25, 0.3) is 0 Å². The molecule has 34 heavy (non-hydrogen) atoms. The number of hydrogen-bond donors (Lipinski definition) is 2. The average molecular weight is 464 g/mol. The molecule has 8 nitrogen and oxygen atoms in total. The summed E-state index contributed by atoms with van der Waals surface area (Å²) in [5.74, 6) is 1.08. The molecule has 2 aromatic carbocycles. The lowest BCUT2D eigenvalue weighted by atomic mass is 10.1. The van der Waals surface area contributed by atoms with Gasteiger partial charge in [-0.15, -0.1) is 0 Å². The van der Waals surface area contributed by atoms with E-state index < -0.39 is 0 Å². The summed E-state index contributed by atoms with van der Waals surface area (Å²) in [5, 5.41) is 10.7. The molecule has 1 amide bonds. The average Bonchev–Trinajstić information content (AvgIpc) is 3.15. The van der Waals surface area contributed by atoms with Gasteiger partial charge in [0.05, 0.1) is 26.5 Å². The molecule has 8 heteroatoms. The number of ether oxygens (including phenoxy) is 2. The van der Waals surface area contributed by atoms with Gasteiger partial charge in [0.25, 0.3) is 5.91 Å². The molecule has 0 fully saturated rings. The maximum absolute atomic E-state index is 13.1. The minimum Gasteiger partial charge on any atom is -0.493 e. The minimum absolute atomic E-state index is 0.310. The van der Waals surface area contributed by atoms with Crippen molar-refractivity contribution >= 4 is 17.6 Å². The van der Waals surface area contributed by atoms with E-state index >= 15 is 0 Å². The van der Waals surface area contributed by atoms with Crippen LogP contribution in [0.2, 0.25) is 0 Å². The highest BCUT2D eigenvalue weighted by molar-refractivity contribution is 6.10. The van der Waals surface area contributed by atoms with E-state index in [1.165, 1.54) is 7.11 Å². The Labute approximate surface area is 201 Å². The topological polar surface area (TPSA) is 89.8 Å². The second-order valence-electron chi connectivity index (χ2n) is 8.19. The van der Waals surface area contributed by atoms with Crippen LogP contribution in [0.4, 0.5) is 5.69 Å².